The Labute approximate surface area is 121 Å². The van der Waals surface area contributed by atoms with Crippen LogP contribution in [0, 0.1) is 10.1 Å². The van der Waals surface area contributed by atoms with Gasteiger partial charge in [-0.2, -0.15) is 0 Å². The molecule has 0 bridgehead atoms. The third-order valence-electron chi connectivity index (χ3n) is 3.32. The average molecular weight is 311 g/mol. The molecule has 1 aromatic carbocycles. The maximum absolute atomic E-state index is 12.5. The third-order valence-corrected chi connectivity index (χ3v) is 6.41. The van der Waals surface area contributed by atoms with Crippen LogP contribution in [0.1, 0.15) is 12.8 Å². The number of nitro groups is 1. The van der Waals surface area contributed by atoms with Crippen LogP contribution < -0.4 is 5.32 Å². The first-order valence-corrected chi connectivity index (χ1v) is 8.34. The Morgan fingerprint density at radius 2 is 2.15 bits per heavy atom. The fraction of sp³-hybridized carbons (Fsp3) is 0.417. The standard InChI is InChI=1S/C12H13N3O3S2/c16-15(17)8-1-2-11-10(7-8)14-12(19-11)20(18)9-3-5-13-6-4-9/h1-2,7,9,13H,3-6H2/t20-/m0/s1. The lowest BCUT2D eigenvalue weighted by atomic mass is 10.2. The highest BCUT2D eigenvalue weighted by molar-refractivity contribution is 7.88. The molecule has 0 aliphatic carbocycles. The van der Waals surface area contributed by atoms with Crippen LogP contribution in [0.15, 0.2) is 22.5 Å². The van der Waals surface area contributed by atoms with Crippen molar-refractivity contribution in [3.05, 3.63) is 28.3 Å². The monoisotopic (exact) mass is 311 g/mol. The van der Waals surface area contributed by atoms with Gasteiger partial charge in [-0.15, -0.1) is 11.3 Å². The second-order valence-electron chi connectivity index (χ2n) is 4.64. The second-order valence-corrected chi connectivity index (χ2v) is 7.57. The highest BCUT2D eigenvalue weighted by Gasteiger charge is 2.24. The van der Waals surface area contributed by atoms with E-state index in [0.29, 0.717) is 9.86 Å². The number of aromatic nitrogens is 1. The fourth-order valence-corrected chi connectivity index (χ4v) is 5.07. The van der Waals surface area contributed by atoms with E-state index in [0.717, 1.165) is 30.6 Å². The van der Waals surface area contributed by atoms with Gasteiger partial charge in [-0.05, 0) is 32.0 Å². The summed E-state index contributed by atoms with van der Waals surface area (Å²) in [7, 11) is -1.12. The van der Waals surface area contributed by atoms with Crippen LogP contribution in [0.4, 0.5) is 5.69 Å². The number of nitro benzene ring substituents is 1. The molecule has 106 valence electrons. The number of rotatable bonds is 3. The number of non-ortho nitro benzene ring substituents is 1. The lowest BCUT2D eigenvalue weighted by Crippen LogP contribution is -2.33. The van der Waals surface area contributed by atoms with Crippen molar-refractivity contribution in [3.8, 4) is 0 Å². The van der Waals surface area contributed by atoms with E-state index in [1.807, 2.05) is 0 Å². The van der Waals surface area contributed by atoms with E-state index in [4.69, 9.17) is 0 Å². The summed E-state index contributed by atoms with van der Waals surface area (Å²) in [5.74, 6) is 0. The number of thiazole rings is 1. The predicted molar refractivity (Wildman–Crippen MR) is 78.6 cm³/mol. The van der Waals surface area contributed by atoms with Crippen molar-refractivity contribution in [1.82, 2.24) is 10.3 Å². The zero-order chi connectivity index (χ0) is 14.1. The number of fused-ring (bicyclic) bond motifs is 1. The van der Waals surface area contributed by atoms with E-state index in [9.17, 15) is 14.3 Å². The molecule has 0 radical (unpaired) electrons. The largest absolute Gasteiger partial charge is 0.317 e. The summed E-state index contributed by atoms with van der Waals surface area (Å²) in [4.78, 5) is 14.6. The van der Waals surface area contributed by atoms with E-state index in [1.165, 1.54) is 23.5 Å². The number of hydrogen-bond donors (Lipinski definition) is 1. The van der Waals surface area contributed by atoms with Crippen molar-refractivity contribution in [2.45, 2.75) is 22.4 Å². The highest BCUT2D eigenvalue weighted by Crippen LogP contribution is 2.29. The van der Waals surface area contributed by atoms with Gasteiger partial charge in [-0.1, -0.05) is 0 Å². The number of piperidine rings is 1. The Morgan fingerprint density at radius 1 is 1.40 bits per heavy atom. The number of hydrogen-bond acceptors (Lipinski definition) is 6. The minimum atomic E-state index is -1.12. The summed E-state index contributed by atoms with van der Waals surface area (Å²) in [6.07, 6.45) is 1.76. The van der Waals surface area contributed by atoms with Crippen molar-refractivity contribution in [3.63, 3.8) is 0 Å². The molecule has 20 heavy (non-hydrogen) atoms. The van der Waals surface area contributed by atoms with Crippen molar-refractivity contribution >= 4 is 38.0 Å². The predicted octanol–water partition coefficient (Wildman–Crippen LogP) is 2.06. The molecular weight excluding hydrogens is 298 g/mol. The van der Waals surface area contributed by atoms with Crippen molar-refractivity contribution in [1.29, 1.82) is 0 Å². The minimum Gasteiger partial charge on any atom is -0.317 e. The number of nitrogens with one attached hydrogen (secondary N) is 1. The summed E-state index contributed by atoms with van der Waals surface area (Å²) in [6.45, 7) is 1.76. The lowest BCUT2D eigenvalue weighted by molar-refractivity contribution is -0.384. The Kier molecular flexibility index (Phi) is 3.77. The van der Waals surface area contributed by atoms with E-state index < -0.39 is 15.7 Å². The van der Waals surface area contributed by atoms with E-state index in [-0.39, 0.29) is 10.9 Å². The Balaban J connectivity index is 1.92. The molecule has 6 nitrogen and oxygen atoms in total. The van der Waals surface area contributed by atoms with Gasteiger partial charge in [0.2, 0.25) is 0 Å². The molecule has 1 atom stereocenters. The number of nitrogens with zero attached hydrogens (tertiary/aromatic N) is 2. The third kappa shape index (κ3) is 2.58. The van der Waals surface area contributed by atoms with Crippen LogP contribution in [0.2, 0.25) is 0 Å². The van der Waals surface area contributed by atoms with Gasteiger partial charge in [0.1, 0.15) is 0 Å². The SMILES string of the molecule is O=[N+]([O-])c1ccc2sc([S@@](=O)C3CCNCC3)nc2c1. The van der Waals surface area contributed by atoms with Gasteiger partial charge in [0.25, 0.3) is 5.69 Å². The van der Waals surface area contributed by atoms with Crippen LogP contribution in [0.5, 0.6) is 0 Å². The topological polar surface area (TPSA) is 85.1 Å². The molecule has 2 heterocycles. The second kappa shape index (κ2) is 5.55. The van der Waals surface area contributed by atoms with Crippen LogP contribution in [-0.2, 0) is 10.8 Å². The van der Waals surface area contributed by atoms with E-state index in [2.05, 4.69) is 10.3 Å². The first-order valence-electron chi connectivity index (χ1n) is 6.31. The minimum absolute atomic E-state index is 0.0157. The fourth-order valence-electron chi connectivity index (χ4n) is 2.25. The molecular formula is C12H13N3O3S2. The molecule has 0 saturated carbocycles. The maximum atomic E-state index is 12.5. The molecule has 8 heteroatoms. The first-order chi connectivity index (χ1) is 9.65. The molecule has 1 aliphatic heterocycles. The Bertz CT molecular complexity index is 680. The van der Waals surface area contributed by atoms with Gasteiger partial charge in [-0.25, -0.2) is 4.98 Å². The zero-order valence-electron chi connectivity index (χ0n) is 10.6. The van der Waals surface area contributed by atoms with Crippen molar-refractivity contribution in [2.75, 3.05) is 13.1 Å². The maximum Gasteiger partial charge on any atom is 0.271 e. The smallest absolute Gasteiger partial charge is 0.271 e. The van der Waals surface area contributed by atoms with Crippen LogP contribution in [0.3, 0.4) is 0 Å². The van der Waals surface area contributed by atoms with E-state index >= 15 is 0 Å². The summed E-state index contributed by atoms with van der Waals surface area (Å²) in [6, 6.07) is 4.57. The van der Waals surface area contributed by atoms with Gasteiger partial charge in [-0.3, -0.25) is 14.3 Å². The molecule has 1 aromatic heterocycles. The molecule has 1 N–H and O–H groups in total. The Morgan fingerprint density at radius 3 is 2.85 bits per heavy atom. The molecule has 1 fully saturated rings. The Hall–Kier alpha value is -1.38. The van der Waals surface area contributed by atoms with Crippen LogP contribution in [0.25, 0.3) is 10.2 Å². The van der Waals surface area contributed by atoms with Crippen molar-refractivity contribution in [2.24, 2.45) is 0 Å². The first kappa shape index (κ1) is 13.6. The highest BCUT2D eigenvalue weighted by atomic mass is 32.2. The molecule has 1 aliphatic rings. The molecule has 0 spiro atoms. The molecule has 3 rings (SSSR count). The summed E-state index contributed by atoms with van der Waals surface area (Å²) >= 11 is 1.37. The van der Waals surface area contributed by atoms with Gasteiger partial charge < -0.3 is 5.32 Å². The van der Waals surface area contributed by atoms with Crippen LogP contribution >= 0.6 is 11.3 Å². The quantitative estimate of drug-likeness (QED) is 0.693. The van der Waals surface area contributed by atoms with Gasteiger partial charge >= 0.3 is 0 Å². The summed E-state index contributed by atoms with van der Waals surface area (Å²) in [5, 5.41) is 14.1. The summed E-state index contributed by atoms with van der Waals surface area (Å²) in [5.41, 5.74) is 0.573. The lowest BCUT2D eigenvalue weighted by Gasteiger charge is -2.20. The van der Waals surface area contributed by atoms with Gasteiger partial charge in [0, 0.05) is 17.4 Å². The van der Waals surface area contributed by atoms with Gasteiger partial charge in [0.15, 0.2) is 4.34 Å². The average Bonchev–Trinajstić information content (AvgIpc) is 2.90. The normalized spacial score (nSPS) is 18.2. The molecule has 1 saturated heterocycles. The zero-order valence-corrected chi connectivity index (χ0v) is 12.2. The molecule has 2 aromatic rings. The molecule has 0 amide bonds. The van der Waals surface area contributed by atoms with Crippen molar-refractivity contribution < 1.29 is 9.13 Å². The summed E-state index contributed by atoms with van der Waals surface area (Å²) < 4.78 is 13.9. The van der Waals surface area contributed by atoms with Gasteiger partial charge in [0.05, 0.1) is 25.9 Å². The molecule has 0 unspecified atom stereocenters. The number of benzene rings is 1. The van der Waals surface area contributed by atoms with Crippen LogP contribution in [-0.4, -0.2) is 32.5 Å². The van der Waals surface area contributed by atoms with E-state index in [1.54, 1.807) is 6.07 Å².